The fourth-order valence-electron chi connectivity index (χ4n) is 7.04. The molecule has 0 aliphatic heterocycles. The van der Waals surface area contributed by atoms with Gasteiger partial charge in [-0.25, -0.2) is 0 Å². The van der Waals surface area contributed by atoms with Crippen molar-refractivity contribution in [3.63, 3.8) is 0 Å². The minimum atomic E-state index is 0. The summed E-state index contributed by atoms with van der Waals surface area (Å²) in [7, 11) is 0. The van der Waals surface area contributed by atoms with Gasteiger partial charge in [-0.3, -0.25) is 0 Å². The third-order valence-electron chi connectivity index (χ3n) is 8.98. The van der Waals surface area contributed by atoms with Crippen LogP contribution in [0.15, 0.2) is 96.1 Å². The van der Waals surface area contributed by atoms with Gasteiger partial charge >= 0.3 is 0 Å². The summed E-state index contributed by atoms with van der Waals surface area (Å²) in [5.74, 6) is 0. The van der Waals surface area contributed by atoms with Crippen LogP contribution in [0.1, 0.15) is 48.4 Å². The first kappa shape index (κ1) is 33.2. The van der Waals surface area contributed by atoms with E-state index in [0.29, 0.717) is 0 Å². The van der Waals surface area contributed by atoms with Gasteiger partial charge in [0.2, 0.25) is 0 Å². The molecule has 0 nitrogen and oxygen atoms in total. The number of aryl methyl sites for hydroxylation is 4. The van der Waals surface area contributed by atoms with Crippen LogP contribution in [0.2, 0.25) is 0 Å². The standard InChI is InChI=1S/C21H20.C19H15.2ClH.Hf/c1-4-15-17-7-5-6-8-18(17)20-12-14(3)16-10-9-13(2)11-19(16)21(15)20;1-12-7-8-15-13(2)10-18-16-6-4-3-5-14(16)11-19(18)17(15)9-12;;;/h5-7,9-12H,4,8H2,1-3H3;3-5,7-10H,6H2,1-2H3;2*1H;/q;-1;;;/p-2. The molecule has 4 aromatic carbocycles. The van der Waals surface area contributed by atoms with Gasteiger partial charge in [-0.2, -0.15) is 0 Å². The first-order chi connectivity index (χ1) is 19.4. The van der Waals surface area contributed by atoms with Crippen LogP contribution in [-0.2, 0) is 25.8 Å². The Morgan fingerprint density at radius 2 is 1.23 bits per heavy atom. The minimum absolute atomic E-state index is 0. The maximum Gasteiger partial charge on any atom is 0 e. The van der Waals surface area contributed by atoms with E-state index in [9.17, 15) is 0 Å². The summed E-state index contributed by atoms with van der Waals surface area (Å²) in [6, 6.07) is 18.3. The van der Waals surface area contributed by atoms with Crippen molar-refractivity contribution < 1.29 is 50.7 Å². The molecular weight excluding hydrogens is 730 g/mol. The number of halogens is 2. The van der Waals surface area contributed by atoms with E-state index in [4.69, 9.17) is 0 Å². The first-order valence-corrected chi connectivity index (χ1v) is 14.6. The molecule has 0 spiro atoms. The van der Waals surface area contributed by atoms with Crippen molar-refractivity contribution in [1.29, 1.82) is 0 Å². The van der Waals surface area contributed by atoms with E-state index >= 15 is 0 Å². The topological polar surface area (TPSA) is 0 Å². The Kier molecular flexibility index (Phi) is 10.1. The third-order valence-corrected chi connectivity index (χ3v) is 8.98. The molecule has 0 fully saturated rings. The number of allylic oxidation sites excluding steroid dienone is 8. The monoisotopic (exact) mass is 765 g/mol. The second-order valence-electron chi connectivity index (χ2n) is 11.7. The second kappa shape index (κ2) is 13.1. The molecule has 0 unspecified atom stereocenters. The Balaban J connectivity index is 0.000000185. The van der Waals surface area contributed by atoms with Crippen molar-refractivity contribution in [1.82, 2.24) is 0 Å². The summed E-state index contributed by atoms with van der Waals surface area (Å²) < 4.78 is 0. The molecule has 0 amide bonds. The number of rotatable bonds is 1. The average molecular weight is 765 g/mol. The van der Waals surface area contributed by atoms with Gasteiger partial charge in [0.1, 0.15) is 0 Å². The Labute approximate surface area is 286 Å². The maximum atomic E-state index is 3.61. The first-order valence-electron chi connectivity index (χ1n) is 14.6. The Bertz CT molecular complexity index is 2170. The van der Waals surface area contributed by atoms with Crippen LogP contribution in [0.5, 0.6) is 0 Å². The van der Waals surface area contributed by atoms with Gasteiger partial charge in [0, 0.05) is 25.8 Å². The zero-order valence-electron chi connectivity index (χ0n) is 25.5. The van der Waals surface area contributed by atoms with Crippen LogP contribution >= 0.6 is 0 Å². The van der Waals surface area contributed by atoms with Crippen molar-refractivity contribution in [3.8, 4) is 0 Å². The fourth-order valence-corrected chi connectivity index (χ4v) is 7.04. The van der Waals surface area contributed by atoms with E-state index in [1.807, 2.05) is 0 Å². The van der Waals surface area contributed by atoms with Gasteiger partial charge < -0.3 is 24.8 Å². The van der Waals surface area contributed by atoms with Crippen molar-refractivity contribution >= 4 is 44.3 Å². The van der Waals surface area contributed by atoms with E-state index in [1.54, 1.807) is 0 Å². The SMILES string of the molecule is CCC1=c2c(cc(C)c3ccc(C)cc23)=C2CC=CC=C21.Cc1ccc2c(C)cc3c(c2c1)=[C-]C1=CC=CCC=31.[Cl-].[Cl-].[Hf]. The number of fused-ring (bicyclic) bond motifs is 8. The van der Waals surface area contributed by atoms with Crippen LogP contribution in [0.3, 0.4) is 0 Å². The van der Waals surface area contributed by atoms with Gasteiger partial charge in [0.25, 0.3) is 0 Å². The molecule has 0 saturated carbocycles. The predicted molar refractivity (Wildman–Crippen MR) is 173 cm³/mol. The van der Waals surface area contributed by atoms with E-state index in [-0.39, 0.29) is 50.7 Å². The molecule has 0 heterocycles. The van der Waals surface area contributed by atoms with Gasteiger partial charge in [-0.1, -0.05) is 108 Å². The van der Waals surface area contributed by atoms with Gasteiger partial charge in [-0.15, -0.1) is 33.7 Å². The summed E-state index contributed by atoms with van der Waals surface area (Å²) in [6.07, 6.45) is 20.1. The molecule has 0 aromatic heterocycles. The van der Waals surface area contributed by atoms with Gasteiger partial charge in [0.15, 0.2) is 0 Å². The molecule has 0 atom stereocenters. The molecule has 0 radical (unpaired) electrons. The molecular formula is C40H35Cl2Hf-3. The zero-order chi connectivity index (χ0) is 27.5. The molecule has 3 heteroatoms. The molecule has 43 heavy (non-hydrogen) atoms. The normalized spacial score (nSPS) is 15.0. The van der Waals surface area contributed by atoms with E-state index in [0.717, 1.165) is 19.3 Å². The van der Waals surface area contributed by atoms with Crippen molar-refractivity contribution in [2.24, 2.45) is 0 Å². The Morgan fingerprint density at radius 1 is 0.651 bits per heavy atom. The summed E-state index contributed by atoms with van der Waals surface area (Å²) in [5.41, 5.74) is 12.6. The van der Waals surface area contributed by atoms with Crippen LogP contribution in [-0.4, -0.2) is 0 Å². The van der Waals surface area contributed by atoms with E-state index in [2.05, 4.69) is 126 Å². The Morgan fingerprint density at radius 3 is 1.91 bits per heavy atom. The fraction of sp³-hybridized carbons (Fsp3) is 0.200. The molecule has 0 N–H and O–H groups in total. The van der Waals surface area contributed by atoms with Crippen LogP contribution in [0, 0.1) is 27.7 Å². The van der Waals surface area contributed by atoms with Crippen molar-refractivity contribution in [3.05, 3.63) is 139 Å². The van der Waals surface area contributed by atoms with Crippen molar-refractivity contribution in [2.75, 3.05) is 0 Å². The quantitative estimate of drug-likeness (QED) is 0.203. The number of hydrogen-bond donors (Lipinski definition) is 0. The molecule has 0 saturated heterocycles. The second-order valence-corrected chi connectivity index (χ2v) is 11.7. The average Bonchev–Trinajstić information content (AvgIpc) is 3.49. The predicted octanol–water partition coefficient (Wildman–Crippen LogP) is 1.24. The molecule has 4 aliphatic rings. The number of benzene rings is 4. The zero-order valence-corrected chi connectivity index (χ0v) is 30.6. The van der Waals surface area contributed by atoms with Crippen LogP contribution < -0.4 is 45.7 Å². The van der Waals surface area contributed by atoms with Crippen LogP contribution in [0.25, 0.3) is 44.3 Å². The smallest absolute Gasteiger partial charge is 0 e. The Hall–Kier alpha value is -2.71. The van der Waals surface area contributed by atoms with Crippen molar-refractivity contribution in [2.45, 2.75) is 53.9 Å². The molecule has 0 bridgehead atoms. The minimum Gasteiger partial charge on any atom is -1.00 e. The molecule has 216 valence electrons. The molecule has 8 rings (SSSR count). The summed E-state index contributed by atoms with van der Waals surface area (Å²) >= 11 is 0. The van der Waals surface area contributed by atoms with E-state index in [1.165, 1.54) is 92.5 Å². The largest absolute Gasteiger partial charge is 1.00 e. The van der Waals surface area contributed by atoms with Crippen LogP contribution in [0.4, 0.5) is 0 Å². The summed E-state index contributed by atoms with van der Waals surface area (Å²) in [6.45, 7) is 11.1. The summed E-state index contributed by atoms with van der Waals surface area (Å²) in [5, 5.41) is 11.2. The third kappa shape index (κ3) is 5.54. The summed E-state index contributed by atoms with van der Waals surface area (Å²) in [4.78, 5) is 0. The van der Waals surface area contributed by atoms with Gasteiger partial charge in [-0.05, 0) is 95.8 Å². The van der Waals surface area contributed by atoms with Gasteiger partial charge in [0.05, 0.1) is 0 Å². The van der Waals surface area contributed by atoms with E-state index < -0.39 is 0 Å². The number of hydrogen-bond acceptors (Lipinski definition) is 0. The maximum absolute atomic E-state index is 3.61. The molecule has 4 aromatic rings. The molecule has 4 aliphatic carbocycles.